The maximum absolute atomic E-state index is 12.8. The Morgan fingerprint density at radius 2 is 1.81 bits per heavy atom. The van der Waals surface area contributed by atoms with Crippen LogP contribution in [0.5, 0.6) is 0 Å². The van der Waals surface area contributed by atoms with Crippen LogP contribution in [0.4, 0.5) is 5.69 Å². The first-order valence-corrected chi connectivity index (χ1v) is 10.5. The minimum Gasteiger partial charge on any atom is -0.476 e. The molecule has 31 heavy (non-hydrogen) atoms. The highest BCUT2D eigenvalue weighted by Gasteiger charge is 2.30. The van der Waals surface area contributed by atoms with Gasteiger partial charge in [-0.3, -0.25) is 9.36 Å². The van der Waals surface area contributed by atoms with Gasteiger partial charge in [0.25, 0.3) is 5.56 Å². The first-order chi connectivity index (χ1) is 14.5. The Balaban J connectivity index is 2.31. The number of nitrogens with one attached hydrogen (secondary N) is 1. The van der Waals surface area contributed by atoms with E-state index < -0.39 is 23.3 Å². The second-order valence-corrected chi connectivity index (χ2v) is 8.46. The summed E-state index contributed by atoms with van der Waals surface area (Å²) in [4.78, 5) is 41.0. The number of carboxylic acids is 1. The molecule has 1 aromatic carbocycles. The molecule has 11 heteroatoms. The lowest BCUT2D eigenvalue weighted by atomic mass is 10.0. The molecule has 3 aromatic rings. The first kappa shape index (κ1) is 22.8. The minimum absolute atomic E-state index is 0.133. The van der Waals surface area contributed by atoms with E-state index in [1.54, 1.807) is 28.8 Å². The quantitative estimate of drug-likeness (QED) is 0.527. The lowest BCUT2D eigenvalue weighted by Crippen LogP contribution is -2.38. The third-order valence-electron chi connectivity index (χ3n) is 4.85. The molecule has 1 unspecified atom stereocenters. The Hall–Kier alpha value is -2.85. The Morgan fingerprint density at radius 1 is 1.19 bits per heavy atom. The number of hydrogen-bond donors (Lipinski definition) is 2. The molecule has 1 atom stereocenters. The molecular formula is C20H21BrClN5O4. The third-order valence-corrected chi connectivity index (χ3v) is 5.66. The van der Waals surface area contributed by atoms with E-state index in [0.29, 0.717) is 21.0 Å². The fourth-order valence-corrected chi connectivity index (χ4v) is 4.27. The second-order valence-electron chi connectivity index (χ2n) is 7.31. The fraction of sp³-hybridized carbons (Fsp3) is 0.300. The van der Waals surface area contributed by atoms with Crippen LogP contribution in [0, 0.1) is 0 Å². The standard InChI is InChI=1S/C20H21BrClN5O4/c1-10(2)27-16(15(18(29)30)24-19(27)21)14(11-5-7-12(22)8-6-11)23-13-9-25(3)20(31)26(4)17(13)28/h5-10,14,23H,1-4H3,(H,29,30). The number of benzene rings is 1. The van der Waals surface area contributed by atoms with Gasteiger partial charge in [-0.1, -0.05) is 23.7 Å². The predicted molar refractivity (Wildman–Crippen MR) is 121 cm³/mol. The van der Waals surface area contributed by atoms with Gasteiger partial charge in [0.15, 0.2) is 10.4 Å². The molecule has 0 radical (unpaired) electrons. The zero-order valence-corrected chi connectivity index (χ0v) is 19.6. The molecule has 3 rings (SSSR count). The van der Waals surface area contributed by atoms with Crippen LogP contribution in [0.2, 0.25) is 5.02 Å². The summed E-state index contributed by atoms with van der Waals surface area (Å²) in [7, 11) is 2.91. The van der Waals surface area contributed by atoms with Crippen LogP contribution in [0.3, 0.4) is 0 Å². The number of aryl methyl sites for hydroxylation is 1. The third kappa shape index (κ3) is 4.31. The van der Waals surface area contributed by atoms with Crippen molar-refractivity contribution in [1.82, 2.24) is 18.7 Å². The largest absolute Gasteiger partial charge is 0.476 e. The molecular weight excluding hydrogens is 490 g/mol. The van der Waals surface area contributed by atoms with Crippen LogP contribution < -0.4 is 16.6 Å². The number of aromatic nitrogens is 4. The first-order valence-electron chi connectivity index (χ1n) is 9.32. The summed E-state index contributed by atoms with van der Waals surface area (Å²) in [6.45, 7) is 3.79. The molecule has 0 aliphatic heterocycles. The van der Waals surface area contributed by atoms with Crippen LogP contribution in [-0.2, 0) is 14.1 Å². The summed E-state index contributed by atoms with van der Waals surface area (Å²) in [6.07, 6.45) is 1.39. The number of nitrogens with zero attached hydrogens (tertiary/aromatic N) is 4. The van der Waals surface area contributed by atoms with E-state index in [1.807, 2.05) is 13.8 Å². The summed E-state index contributed by atoms with van der Waals surface area (Å²) in [5.41, 5.74) is -0.0127. The zero-order valence-electron chi connectivity index (χ0n) is 17.3. The minimum atomic E-state index is -1.20. The maximum atomic E-state index is 12.8. The van der Waals surface area contributed by atoms with Crippen molar-refractivity contribution in [2.24, 2.45) is 14.1 Å². The van der Waals surface area contributed by atoms with Gasteiger partial charge in [-0.05, 0) is 47.5 Å². The van der Waals surface area contributed by atoms with E-state index in [2.05, 4.69) is 26.2 Å². The highest BCUT2D eigenvalue weighted by Crippen LogP contribution is 2.33. The number of imidazole rings is 1. The van der Waals surface area contributed by atoms with E-state index in [4.69, 9.17) is 11.6 Å². The molecule has 164 valence electrons. The fourth-order valence-electron chi connectivity index (χ4n) is 3.37. The van der Waals surface area contributed by atoms with Gasteiger partial charge in [-0.25, -0.2) is 14.6 Å². The summed E-state index contributed by atoms with van der Waals surface area (Å²) >= 11 is 9.39. The number of aromatic carboxylic acids is 1. The highest BCUT2D eigenvalue weighted by molar-refractivity contribution is 9.10. The molecule has 2 N–H and O–H groups in total. The van der Waals surface area contributed by atoms with Crippen molar-refractivity contribution in [2.75, 3.05) is 5.32 Å². The van der Waals surface area contributed by atoms with Gasteiger partial charge in [0, 0.05) is 31.4 Å². The highest BCUT2D eigenvalue weighted by atomic mass is 79.9. The Bertz CT molecular complexity index is 1260. The molecule has 2 aromatic heterocycles. The van der Waals surface area contributed by atoms with Gasteiger partial charge >= 0.3 is 11.7 Å². The lowest BCUT2D eigenvalue weighted by Gasteiger charge is -2.25. The molecule has 0 saturated carbocycles. The van der Waals surface area contributed by atoms with Gasteiger partial charge in [-0.15, -0.1) is 0 Å². The van der Waals surface area contributed by atoms with Gasteiger partial charge in [0.1, 0.15) is 5.69 Å². The van der Waals surface area contributed by atoms with E-state index in [-0.39, 0.29) is 17.4 Å². The van der Waals surface area contributed by atoms with Crippen molar-refractivity contribution in [3.63, 3.8) is 0 Å². The van der Waals surface area contributed by atoms with E-state index >= 15 is 0 Å². The number of rotatable bonds is 6. The van der Waals surface area contributed by atoms with Gasteiger partial charge in [-0.2, -0.15) is 0 Å². The molecule has 0 bridgehead atoms. The second kappa shape index (κ2) is 8.72. The molecule has 0 amide bonds. The number of carbonyl (C=O) groups is 1. The van der Waals surface area contributed by atoms with Crippen LogP contribution in [0.1, 0.15) is 47.7 Å². The lowest BCUT2D eigenvalue weighted by molar-refractivity contribution is 0.0689. The van der Waals surface area contributed by atoms with E-state index in [9.17, 15) is 19.5 Å². The molecule has 0 fully saturated rings. The zero-order chi connectivity index (χ0) is 23.0. The maximum Gasteiger partial charge on any atom is 0.356 e. The van der Waals surface area contributed by atoms with Crippen molar-refractivity contribution in [3.8, 4) is 0 Å². The average Bonchev–Trinajstić information content (AvgIpc) is 3.06. The Kier molecular flexibility index (Phi) is 6.42. The van der Waals surface area contributed by atoms with Gasteiger partial charge in [0.2, 0.25) is 0 Å². The molecule has 9 nitrogen and oxygen atoms in total. The monoisotopic (exact) mass is 509 g/mol. The number of anilines is 1. The van der Waals surface area contributed by atoms with E-state index in [0.717, 1.165) is 4.57 Å². The molecule has 0 spiro atoms. The number of halogens is 2. The van der Waals surface area contributed by atoms with Gasteiger partial charge < -0.3 is 19.6 Å². The van der Waals surface area contributed by atoms with Crippen LogP contribution in [0.15, 0.2) is 44.8 Å². The topological polar surface area (TPSA) is 111 Å². The number of hydrogen-bond acceptors (Lipinski definition) is 5. The molecule has 0 aliphatic carbocycles. The van der Waals surface area contributed by atoms with Crippen LogP contribution in [-0.4, -0.2) is 29.8 Å². The van der Waals surface area contributed by atoms with Crippen molar-refractivity contribution >= 4 is 39.2 Å². The summed E-state index contributed by atoms with van der Waals surface area (Å²) < 4.78 is 4.34. The molecule has 2 heterocycles. The summed E-state index contributed by atoms with van der Waals surface area (Å²) in [5, 5.41) is 13.5. The molecule has 0 aliphatic rings. The van der Waals surface area contributed by atoms with Gasteiger partial charge in [0.05, 0.1) is 11.7 Å². The Labute approximate surface area is 191 Å². The Morgan fingerprint density at radius 3 is 2.35 bits per heavy atom. The SMILES string of the molecule is CC(C)n1c(Br)nc(C(=O)O)c1C(Nc1cn(C)c(=O)n(C)c1=O)c1ccc(Cl)cc1. The van der Waals surface area contributed by atoms with Crippen molar-refractivity contribution < 1.29 is 9.90 Å². The van der Waals surface area contributed by atoms with Crippen LogP contribution in [0.25, 0.3) is 0 Å². The van der Waals surface area contributed by atoms with Crippen molar-refractivity contribution in [2.45, 2.75) is 25.9 Å². The summed E-state index contributed by atoms with van der Waals surface area (Å²) in [6, 6.07) is 5.93. The summed E-state index contributed by atoms with van der Waals surface area (Å²) in [5.74, 6) is -1.20. The molecule has 0 saturated heterocycles. The predicted octanol–water partition coefficient (Wildman–Crippen LogP) is 3.18. The van der Waals surface area contributed by atoms with Crippen LogP contribution >= 0.6 is 27.5 Å². The number of carboxylic acid groups (broad SMARTS) is 1. The normalized spacial score (nSPS) is 12.2. The average molecular weight is 511 g/mol. The van der Waals surface area contributed by atoms with E-state index in [1.165, 1.54) is 24.9 Å². The smallest absolute Gasteiger partial charge is 0.356 e. The van der Waals surface area contributed by atoms with Crippen molar-refractivity contribution in [1.29, 1.82) is 0 Å². The van der Waals surface area contributed by atoms with Crippen molar-refractivity contribution in [3.05, 3.63) is 78.0 Å².